The van der Waals surface area contributed by atoms with E-state index in [0.29, 0.717) is 17.2 Å². The van der Waals surface area contributed by atoms with Crippen LogP contribution in [0.25, 0.3) is 5.69 Å². The topological polar surface area (TPSA) is 107 Å². The quantitative estimate of drug-likeness (QED) is 0.565. The molecule has 0 unspecified atom stereocenters. The third-order valence-corrected chi connectivity index (χ3v) is 4.13. The smallest absolute Gasteiger partial charge is 0.359 e. The third kappa shape index (κ3) is 4.07. The average Bonchev–Trinajstić information content (AvgIpc) is 3.01. The average molecular weight is 411 g/mol. The zero-order chi connectivity index (χ0) is 21.7. The Morgan fingerprint density at radius 1 is 0.767 bits per heavy atom. The predicted molar refractivity (Wildman–Crippen MR) is 108 cm³/mol. The first kappa shape index (κ1) is 20.8. The van der Waals surface area contributed by atoms with E-state index in [1.165, 1.54) is 0 Å². The molecule has 1 aromatic heterocycles. The summed E-state index contributed by atoms with van der Waals surface area (Å²) in [6.07, 6.45) is 0. The second kappa shape index (κ2) is 9.04. The lowest BCUT2D eigenvalue weighted by Crippen LogP contribution is -2.16. The normalized spacial score (nSPS) is 10.5. The number of hydrogen-bond donors (Lipinski definition) is 2. The summed E-state index contributed by atoms with van der Waals surface area (Å²) in [7, 11) is 0. The summed E-state index contributed by atoms with van der Waals surface area (Å²) in [6.45, 7) is 3.29. The van der Waals surface area contributed by atoms with Crippen molar-refractivity contribution in [1.29, 1.82) is 0 Å². The number of para-hydroxylation sites is 1. The van der Waals surface area contributed by atoms with Gasteiger partial charge in [0.05, 0.1) is 13.2 Å². The fraction of sp³-hybridized carbons (Fsp3) is 0.182. The minimum absolute atomic E-state index is 0.0445. The molecule has 3 rings (SSSR count). The molecule has 0 aliphatic heterocycles. The van der Waals surface area contributed by atoms with Crippen LogP contribution in [0.15, 0.2) is 54.6 Å². The van der Waals surface area contributed by atoms with Gasteiger partial charge in [-0.2, -0.15) is 0 Å². The first-order valence-electron chi connectivity index (χ1n) is 9.32. The summed E-state index contributed by atoms with van der Waals surface area (Å²) in [4.78, 5) is 24.8. The highest BCUT2D eigenvalue weighted by molar-refractivity contribution is 6.00. The van der Waals surface area contributed by atoms with Crippen molar-refractivity contribution in [1.82, 2.24) is 4.57 Å². The van der Waals surface area contributed by atoms with E-state index in [1.807, 2.05) is 18.2 Å². The lowest BCUT2D eigenvalue weighted by atomic mass is 10.2. The SMILES string of the molecule is CCOC(=O)c1c(O)c(O)c(C(=O)OCC)n1-c1ccc(Oc2ccccc2)cc1. The van der Waals surface area contributed by atoms with Crippen LogP contribution in [-0.2, 0) is 9.47 Å². The maximum atomic E-state index is 12.4. The Morgan fingerprint density at radius 2 is 1.23 bits per heavy atom. The van der Waals surface area contributed by atoms with Crippen molar-refractivity contribution < 1.29 is 34.0 Å². The second-order valence-electron chi connectivity index (χ2n) is 6.08. The van der Waals surface area contributed by atoms with E-state index in [1.54, 1.807) is 50.2 Å². The van der Waals surface area contributed by atoms with Gasteiger partial charge in [-0.1, -0.05) is 18.2 Å². The van der Waals surface area contributed by atoms with Crippen molar-refractivity contribution in [2.24, 2.45) is 0 Å². The Bertz CT molecular complexity index is 998. The minimum Gasteiger partial charge on any atom is -0.503 e. The highest BCUT2D eigenvalue weighted by Crippen LogP contribution is 2.39. The Kier molecular flexibility index (Phi) is 6.26. The molecule has 8 nitrogen and oxygen atoms in total. The van der Waals surface area contributed by atoms with Gasteiger partial charge in [-0.05, 0) is 50.2 Å². The Morgan fingerprint density at radius 3 is 1.70 bits per heavy atom. The monoisotopic (exact) mass is 411 g/mol. The standard InChI is InChI=1S/C22H21NO7/c1-3-28-21(26)17-19(24)20(25)18(22(27)29-4-2)23(17)14-10-12-16(13-11-14)30-15-8-6-5-7-9-15/h5-13,24-25H,3-4H2,1-2H3. The van der Waals surface area contributed by atoms with Crippen LogP contribution < -0.4 is 4.74 Å². The van der Waals surface area contributed by atoms with Gasteiger partial charge in [-0.25, -0.2) is 9.59 Å². The van der Waals surface area contributed by atoms with Crippen molar-refractivity contribution in [3.63, 3.8) is 0 Å². The summed E-state index contributed by atoms with van der Waals surface area (Å²) in [5.41, 5.74) is -0.444. The molecule has 0 saturated carbocycles. The number of ether oxygens (including phenoxy) is 3. The van der Waals surface area contributed by atoms with Crippen LogP contribution in [0.3, 0.4) is 0 Å². The molecule has 0 saturated heterocycles. The van der Waals surface area contributed by atoms with Crippen molar-refractivity contribution >= 4 is 11.9 Å². The summed E-state index contributed by atoms with van der Waals surface area (Å²) in [6, 6.07) is 15.5. The number of carbonyl (C=O) groups excluding carboxylic acids is 2. The van der Waals surface area contributed by atoms with E-state index in [-0.39, 0.29) is 24.6 Å². The van der Waals surface area contributed by atoms with Crippen molar-refractivity contribution in [2.45, 2.75) is 13.8 Å². The highest BCUT2D eigenvalue weighted by atomic mass is 16.5. The van der Waals surface area contributed by atoms with E-state index < -0.39 is 23.4 Å². The van der Waals surface area contributed by atoms with E-state index >= 15 is 0 Å². The number of carbonyl (C=O) groups is 2. The number of benzene rings is 2. The maximum absolute atomic E-state index is 12.4. The van der Waals surface area contributed by atoms with Crippen LogP contribution in [0.4, 0.5) is 0 Å². The molecule has 1 heterocycles. The molecular formula is C22H21NO7. The van der Waals surface area contributed by atoms with Gasteiger partial charge < -0.3 is 24.4 Å². The van der Waals surface area contributed by atoms with Crippen LogP contribution in [0.1, 0.15) is 34.8 Å². The molecule has 0 radical (unpaired) electrons. The Hall–Kier alpha value is -3.94. The van der Waals surface area contributed by atoms with Crippen LogP contribution in [0.5, 0.6) is 23.0 Å². The summed E-state index contributed by atoms with van der Waals surface area (Å²) in [5.74, 6) is -2.17. The maximum Gasteiger partial charge on any atom is 0.359 e. The number of nitrogens with zero attached hydrogens (tertiary/aromatic N) is 1. The molecule has 0 bridgehead atoms. The first-order valence-corrected chi connectivity index (χ1v) is 9.32. The number of rotatable bonds is 7. The molecule has 2 N–H and O–H groups in total. The van der Waals surface area contributed by atoms with Crippen LogP contribution in [0.2, 0.25) is 0 Å². The Balaban J connectivity index is 2.07. The van der Waals surface area contributed by atoms with Crippen molar-refractivity contribution in [3.05, 3.63) is 66.0 Å². The lowest BCUT2D eigenvalue weighted by molar-refractivity contribution is 0.0507. The van der Waals surface area contributed by atoms with Gasteiger partial charge in [0.2, 0.25) is 0 Å². The zero-order valence-electron chi connectivity index (χ0n) is 16.5. The molecule has 0 atom stereocenters. The fourth-order valence-electron chi connectivity index (χ4n) is 2.87. The largest absolute Gasteiger partial charge is 0.503 e. The van der Waals surface area contributed by atoms with Gasteiger partial charge in [0, 0.05) is 5.69 Å². The van der Waals surface area contributed by atoms with Crippen LogP contribution in [-0.4, -0.2) is 39.9 Å². The highest BCUT2D eigenvalue weighted by Gasteiger charge is 2.33. The van der Waals surface area contributed by atoms with Gasteiger partial charge in [0.25, 0.3) is 0 Å². The lowest BCUT2D eigenvalue weighted by Gasteiger charge is -2.13. The minimum atomic E-state index is -0.898. The van der Waals surface area contributed by atoms with E-state index in [9.17, 15) is 19.8 Å². The second-order valence-corrected chi connectivity index (χ2v) is 6.08. The molecule has 0 aliphatic carbocycles. The van der Waals surface area contributed by atoms with Gasteiger partial charge in [0.1, 0.15) is 11.5 Å². The van der Waals surface area contributed by atoms with E-state index in [2.05, 4.69) is 0 Å². The van der Waals surface area contributed by atoms with Crippen LogP contribution >= 0.6 is 0 Å². The molecule has 8 heteroatoms. The van der Waals surface area contributed by atoms with Gasteiger partial charge in [-0.3, -0.25) is 4.57 Å². The van der Waals surface area contributed by atoms with Gasteiger partial charge in [-0.15, -0.1) is 0 Å². The molecule has 0 fully saturated rings. The van der Waals surface area contributed by atoms with Crippen molar-refractivity contribution in [2.75, 3.05) is 13.2 Å². The molecule has 0 amide bonds. The van der Waals surface area contributed by atoms with Gasteiger partial charge >= 0.3 is 11.9 Å². The van der Waals surface area contributed by atoms with E-state index in [0.717, 1.165) is 4.57 Å². The third-order valence-electron chi connectivity index (χ3n) is 4.13. The fourth-order valence-corrected chi connectivity index (χ4v) is 2.87. The summed E-state index contributed by atoms with van der Waals surface area (Å²) in [5, 5.41) is 20.6. The summed E-state index contributed by atoms with van der Waals surface area (Å²) >= 11 is 0. The first-order chi connectivity index (χ1) is 14.5. The van der Waals surface area contributed by atoms with Gasteiger partial charge in [0.15, 0.2) is 22.9 Å². The molecule has 30 heavy (non-hydrogen) atoms. The molecular weight excluding hydrogens is 390 g/mol. The van der Waals surface area contributed by atoms with Crippen molar-refractivity contribution in [3.8, 4) is 28.7 Å². The Labute approximate surface area is 172 Å². The number of aromatic nitrogens is 1. The number of aromatic hydroxyl groups is 2. The van der Waals surface area contributed by atoms with E-state index in [4.69, 9.17) is 14.2 Å². The molecule has 0 aliphatic rings. The number of esters is 2. The molecule has 0 spiro atoms. The molecule has 3 aromatic rings. The molecule has 2 aromatic carbocycles. The summed E-state index contributed by atoms with van der Waals surface area (Å²) < 4.78 is 16.8. The number of hydrogen-bond acceptors (Lipinski definition) is 7. The predicted octanol–water partition coefficient (Wildman–Crippen LogP) is 4.03. The molecule has 156 valence electrons. The zero-order valence-corrected chi connectivity index (χ0v) is 16.5. The van der Waals surface area contributed by atoms with Crippen LogP contribution in [0, 0.1) is 0 Å².